The zero-order chi connectivity index (χ0) is 8.65. The molecule has 0 atom stereocenters. The van der Waals surface area contributed by atoms with E-state index in [1.165, 1.54) is 12.3 Å². The number of hydrogen-bond donors (Lipinski definition) is 0. The van der Waals surface area contributed by atoms with Gasteiger partial charge >= 0.3 is 0 Å². The first-order valence-electron chi connectivity index (χ1n) is 2.65. The second-order valence-corrected chi connectivity index (χ2v) is 5.20. The van der Waals surface area contributed by atoms with Crippen LogP contribution in [0, 0.1) is 0 Å². The molecule has 1 aromatic rings. The van der Waals surface area contributed by atoms with Gasteiger partial charge in [-0.1, -0.05) is 11.6 Å². The van der Waals surface area contributed by atoms with Gasteiger partial charge in [0.05, 0.1) is 6.26 Å². The van der Waals surface area contributed by atoms with E-state index >= 15 is 0 Å². The Morgan fingerprint density at radius 3 is 2.36 bits per heavy atom. The van der Waals surface area contributed by atoms with Crippen LogP contribution in [0.15, 0.2) is 16.7 Å². The predicted octanol–water partition coefficient (Wildman–Crippen LogP) is 1.71. The summed E-state index contributed by atoms with van der Waals surface area (Å²) in [6.07, 6.45) is 2.49. The molecule has 0 unspecified atom stereocenters. The third-order valence-corrected chi connectivity index (χ3v) is 2.91. The van der Waals surface area contributed by atoms with Gasteiger partial charge in [-0.25, -0.2) is 12.4 Å². The molecule has 0 radical (unpaired) electrons. The quantitative estimate of drug-likeness (QED) is 0.769. The van der Waals surface area contributed by atoms with Crippen LogP contribution in [0.5, 0.6) is 0 Å². The van der Waals surface area contributed by atoms with Crippen LogP contribution in [0.25, 0.3) is 0 Å². The first-order chi connectivity index (χ1) is 4.91. The minimum atomic E-state index is -3.26. The Morgan fingerprint density at radius 1 is 1.64 bits per heavy atom. The van der Waals surface area contributed by atoms with Crippen molar-refractivity contribution < 1.29 is 8.42 Å². The van der Waals surface area contributed by atoms with Gasteiger partial charge in [0.25, 0.3) is 0 Å². The van der Waals surface area contributed by atoms with Crippen molar-refractivity contribution in [1.29, 1.82) is 0 Å². The van der Waals surface area contributed by atoms with Crippen LogP contribution >= 0.6 is 27.5 Å². The second kappa shape index (κ2) is 2.80. The van der Waals surface area contributed by atoms with Crippen molar-refractivity contribution in [2.24, 2.45) is 0 Å². The molecule has 1 aromatic heterocycles. The number of halogens is 2. The molecule has 3 nitrogen and oxygen atoms in total. The lowest BCUT2D eigenvalue weighted by Gasteiger charge is -1.98. The lowest BCUT2D eigenvalue weighted by atomic mass is 10.7. The van der Waals surface area contributed by atoms with Crippen molar-refractivity contribution in [3.05, 3.63) is 21.9 Å². The molecule has 0 amide bonds. The molecule has 0 saturated heterocycles. The highest BCUT2D eigenvalue weighted by Gasteiger charge is 2.09. The number of rotatable bonds is 1. The Hall–Kier alpha value is -0.0000000000000000555. The first-order valence-corrected chi connectivity index (χ1v) is 5.67. The summed E-state index contributed by atoms with van der Waals surface area (Å²) in [7, 11) is -3.26. The van der Waals surface area contributed by atoms with E-state index in [1.807, 2.05) is 0 Å². The van der Waals surface area contributed by atoms with Gasteiger partial charge in [-0.2, -0.15) is 0 Å². The molecule has 0 bridgehead atoms. The van der Waals surface area contributed by atoms with E-state index in [1.54, 1.807) is 0 Å². The van der Waals surface area contributed by atoms with Crippen molar-refractivity contribution in [3.63, 3.8) is 0 Å². The summed E-state index contributed by atoms with van der Waals surface area (Å²) in [6, 6.07) is 1.52. The third-order valence-electron chi connectivity index (χ3n) is 1.07. The zero-order valence-electron chi connectivity index (χ0n) is 5.58. The van der Waals surface area contributed by atoms with Crippen molar-refractivity contribution in [2.45, 2.75) is 0 Å². The lowest BCUT2D eigenvalue weighted by molar-refractivity contribution is 0.593. The molecular formula is C5H5BrClNO2S. The molecule has 0 aliphatic heterocycles. The van der Waals surface area contributed by atoms with Crippen LogP contribution < -0.4 is 0 Å². The van der Waals surface area contributed by atoms with Crippen molar-refractivity contribution in [1.82, 2.24) is 3.97 Å². The normalized spacial score (nSPS) is 11.9. The molecule has 6 heteroatoms. The average molecular weight is 259 g/mol. The van der Waals surface area contributed by atoms with E-state index in [9.17, 15) is 8.42 Å². The first kappa shape index (κ1) is 9.09. The van der Waals surface area contributed by atoms with Gasteiger partial charge in [0.1, 0.15) is 5.15 Å². The summed E-state index contributed by atoms with van der Waals surface area (Å²) in [5.41, 5.74) is 0. The SMILES string of the molecule is CS(=O)(=O)n1cc(Br)cc1Cl. The molecule has 0 N–H and O–H groups in total. The fourth-order valence-electron chi connectivity index (χ4n) is 0.643. The molecule has 1 rings (SSSR count). The molecule has 0 saturated carbocycles. The van der Waals surface area contributed by atoms with E-state index in [0.29, 0.717) is 4.47 Å². The van der Waals surface area contributed by atoms with E-state index in [0.717, 1.165) is 10.2 Å². The predicted molar refractivity (Wildman–Crippen MR) is 47.4 cm³/mol. The van der Waals surface area contributed by atoms with Gasteiger partial charge < -0.3 is 0 Å². The monoisotopic (exact) mass is 257 g/mol. The van der Waals surface area contributed by atoms with Crippen LogP contribution in [0.2, 0.25) is 5.15 Å². The average Bonchev–Trinajstić information content (AvgIpc) is 2.08. The van der Waals surface area contributed by atoms with Crippen LogP contribution in [0.4, 0.5) is 0 Å². The Morgan fingerprint density at radius 2 is 2.18 bits per heavy atom. The third kappa shape index (κ3) is 1.98. The van der Waals surface area contributed by atoms with Crippen LogP contribution in [0.1, 0.15) is 0 Å². The smallest absolute Gasteiger partial charge is 0.234 e. The second-order valence-electron chi connectivity index (χ2n) is 2.04. The molecule has 0 spiro atoms. The highest BCUT2D eigenvalue weighted by molar-refractivity contribution is 9.10. The Labute approximate surface area is 78.1 Å². The molecule has 0 aliphatic rings. The topological polar surface area (TPSA) is 39.1 Å². The van der Waals surface area contributed by atoms with Crippen LogP contribution in [-0.2, 0) is 10.0 Å². The number of nitrogens with zero attached hydrogens (tertiary/aromatic N) is 1. The highest BCUT2D eigenvalue weighted by Crippen LogP contribution is 2.20. The zero-order valence-corrected chi connectivity index (χ0v) is 8.74. The minimum Gasteiger partial charge on any atom is -0.234 e. The minimum absolute atomic E-state index is 0.180. The van der Waals surface area contributed by atoms with Gasteiger partial charge in [0.2, 0.25) is 10.0 Å². The van der Waals surface area contributed by atoms with Crippen molar-refractivity contribution >= 4 is 37.6 Å². The maximum absolute atomic E-state index is 10.9. The standard InChI is InChI=1S/C5H5BrClNO2S/c1-11(9,10)8-3-4(6)2-5(8)7/h2-3H,1H3. The summed E-state index contributed by atoms with van der Waals surface area (Å²) < 4.78 is 23.5. The van der Waals surface area contributed by atoms with Gasteiger partial charge in [-0.05, 0) is 22.0 Å². The Balaban J connectivity index is 3.36. The highest BCUT2D eigenvalue weighted by atomic mass is 79.9. The van der Waals surface area contributed by atoms with Gasteiger partial charge in [0.15, 0.2) is 0 Å². The van der Waals surface area contributed by atoms with E-state index < -0.39 is 10.0 Å². The van der Waals surface area contributed by atoms with Crippen molar-refractivity contribution in [2.75, 3.05) is 6.26 Å². The molecule has 11 heavy (non-hydrogen) atoms. The fourth-order valence-corrected chi connectivity index (χ4v) is 2.55. The van der Waals surface area contributed by atoms with E-state index in [4.69, 9.17) is 11.6 Å². The summed E-state index contributed by atoms with van der Waals surface area (Å²) in [6.45, 7) is 0. The maximum Gasteiger partial charge on any atom is 0.236 e. The molecular weight excluding hydrogens is 253 g/mol. The Bertz CT molecular complexity index is 370. The summed E-state index contributed by atoms with van der Waals surface area (Å²) >= 11 is 8.69. The molecule has 1 heterocycles. The molecule has 0 fully saturated rings. The van der Waals surface area contributed by atoms with Gasteiger partial charge in [-0.15, -0.1) is 0 Å². The van der Waals surface area contributed by atoms with Gasteiger partial charge in [0, 0.05) is 10.7 Å². The van der Waals surface area contributed by atoms with Crippen molar-refractivity contribution in [3.8, 4) is 0 Å². The van der Waals surface area contributed by atoms with E-state index in [-0.39, 0.29) is 5.15 Å². The number of hydrogen-bond acceptors (Lipinski definition) is 2. The molecule has 0 aliphatic carbocycles. The van der Waals surface area contributed by atoms with Gasteiger partial charge in [-0.3, -0.25) is 0 Å². The summed E-state index contributed by atoms with van der Waals surface area (Å²) in [4.78, 5) is 0. The van der Waals surface area contributed by atoms with Crippen LogP contribution in [-0.4, -0.2) is 18.6 Å². The number of aromatic nitrogens is 1. The molecule has 0 aromatic carbocycles. The lowest BCUT2D eigenvalue weighted by Crippen LogP contribution is -2.07. The summed E-state index contributed by atoms with van der Waals surface area (Å²) in [5.74, 6) is 0. The van der Waals surface area contributed by atoms with E-state index in [2.05, 4.69) is 15.9 Å². The largest absolute Gasteiger partial charge is 0.236 e. The Kier molecular flexibility index (Phi) is 2.32. The maximum atomic E-state index is 10.9. The summed E-state index contributed by atoms with van der Waals surface area (Å²) in [5, 5.41) is 0.180. The van der Waals surface area contributed by atoms with Crippen LogP contribution in [0.3, 0.4) is 0 Å². The fraction of sp³-hybridized carbons (Fsp3) is 0.200. The molecule has 62 valence electrons.